The molecule has 0 heterocycles. The van der Waals surface area contributed by atoms with Crippen LogP contribution in [0.2, 0.25) is 5.02 Å². The van der Waals surface area contributed by atoms with Gasteiger partial charge in [0.1, 0.15) is 5.84 Å². The molecule has 0 saturated carbocycles. The Hall–Kier alpha value is -1.22. The summed E-state index contributed by atoms with van der Waals surface area (Å²) in [7, 11) is 0. The maximum Gasteiger partial charge on any atom is 0.122 e. The van der Waals surface area contributed by atoms with Crippen molar-refractivity contribution in [3.63, 3.8) is 0 Å². The van der Waals surface area contributed by atoms with Gasteiger partial charge >= 0.3 is 0 Å². The standard InChI is InChI=1S/C13H20ClN3/c1-3-7-17(8-4-2)12-6-5-10(13(15)16)9-11(12)14/h5-6,9H,3-4,7-8H2,1-2H3,(H3,15,16). The molecular formula is C13H20ClN3. The summed E-state index contributed by atoms with van der Waals surface area (Å²) in [5.74, 6) is 0.0518. The van der Waals surface area contributed by atoms with Gasteiger partial charge in [0.2, 0.25) is 0 Å². The summed E-state index contributed by atoms with van der Waals surface area (Å²) in [6.07, 6.45) is 2.18. The van der Waals surface area contributed by atoms with Crippen molar-refractivity contribution in [1.82, 2.24) is 0 Å². The molecule has 0 aliphatic heterocycles. The molecule has 0 amide bonds. The van der Waals surface area contributed by atoms with Crippen LogP contribution in [0.3, 0.4) is 0 Å². The molecule has 1 aromatic rings. The van der Waals surface area contributed by atoms with E-state index in [0.717, 1.165) is 31.6 Å². The van der Waals surface area contributed by atoms with Gasteiger partial charge in [0.05, 0.1) is 10.7 Å². The first-order valence-electron chi connectivity index (χ1n) is 5.99. The minimum Gasteiger partial charge on any atom is -0.384 e. The van der Waals surface area contributed by atoms with E-state index < -0.39 is 0 Å². The topological polar surface area (TPSA) is 53.1 Å². The fourth-order valence-corrected chi connectivity index (χ4v) is 2.12. The van der Waals surface area contributed by atoms with E-state index in [1.165, 1.54) is 0 Å². The quantitative estimate of drug-likeness (QED) is 0.604. The number of rotatable bonds is 6. The van der Waals surface area contributed by atoms with Crippen LogP contribution in [0.1, 0.15) is 32.3 Å². The maximum absolute atomic E-state index is 7.38. The predicted octanol–water partition coefficient (Wildman–Crippen LogP) is 3.25. The van der Waals surface area contributed by atoms with E-state index in [9.17, 15) is 0 Å². The van der Waals surface area contributed by atoms with E-state index in [1.807, 2.05) is 12.1 Å². The number of nitrogen functional groups attached to an aromatic ring is 1. The lowest BCUT2D eigenvalue weighted by Gasteiger charge is -2.25. The van der Waals surface area contributed by atoms with Crippen molar-refractivity contribution in [2.75, 3.05) is 18.0 Å². The molecule has 0 spiro atoms. The van der Waals surface area contributed by atoms with Gasteiger partial charge in [-0.3, -0.25) is 5.41 Å². The zero-order valence-electron chi connectivity index (χ0n) is 10.5. The molecule has 0 bridgehead atoms. The minimum atomic E-state index is 0.0518. The molecular weight excluding hydrogens is 234 g/mol. The summed E-state index contributed by atoms with van der Waals surface area (Å²) in [4.78, 5) is 2.27. The lowest BCUT2D eigenvalue weighted by molar-refractivity contribution is 0.745. The average molecular weight is 254 g/mol. The second kappa shape index (κ2) is 6.50. The molecule has 1 aromatic carbocycles. The average Bonchev–Trinajstić information content (AvgIpc) is 2.28. The number of anilines is 1. The zero-order chi connectivity index (χ0) is 12.8. The highest BCUT2D eigenvalue weighted by Crippen LogP contribution is 2.27. The third-order valence-electron chi connectivity index (χ3n) is 2.59. The molecule has 0 saturated heterocycles. The summed E-state index contributed by atoms with van der Waals surface area (Å²) < 4.78 is 0. The molecule has 0 unspecified atom stereocenters. The molecule has 17 heavy (non-hydrogen) atoms. The molecule has 0 fully saturated rings. The molecule has 0 atom stereocenters. The van der Waals surface area contributed by atoms with Crippen LogP contribution in [0.5, 0.6) is 0 Å². The lowest BCUT2D eigenvalue weighted by atomic mass is 10.1. The van der Waals surface area contributed by atoms with Crippen LogP contribution in [-0.2, 0) is 0 Å². The monoisotopic (exact) mass is 253 g/mol. The van der Waals surface area contributed by atoms with E-state index in [4.69, 9.17) is 22.7 Å². The van der Waals surface area contributed by atoms with E-state index in [-0.39, 0.29) is 5.84 Å². The number of hydrogen-bond acceptors (Lipinski definition) is 2. The van der Waals surface area contributed by atoms with Crippen molar-refractivity contribution < 1.29 is 0 Å². The van der Waals surface area contributed by atoms with Gasteiger partial charge in [0.25, 0.3) is 0 Å². The van der Waals surface area contributed by atoms with E-state index in [0.29, 0.717) is 10.6 Å². The number of hydrogen-bond donors (Lipinski definition) is 2. The highest BCUT2D eigenvalue weighted by molar-refractivity contribution is 6.33. The molecule has 0 aromatic heterocycles. The Morgan fingerprint density at radius 3 is 2.29 bits per heavy atom. The number of amidine groups is 1. The van der Waals surface area contributed by atoms with Crippen LogP contribution in [-0.4, -0.2) is 18.9 Å². The van der Waals surface area contributed by atoms with Crippen molar-refractivity contribution >= 4 is 23.1 Å². The maximum atomic E-state index is 7.38. The van der Waals surface area contributed by atoms with Crippen molar-refractivity contribution in [1.29, 1.82) is 5.41 Å². The Labute approximate surface area is 108 Å². The lowest BCUT2D eigenvalue weighted by Crippen LogP contribution is -2.25. The van der Waals surface area contributed by atoms with Gasteiger partial charge in [0.15, 0.2) is 0 Å². The van der Waals surface area contributed by atoms with Gasteiger partial charge in [-0.25, -0.2) is 0 Å². The first kappa shape index (κ1) is 13.8. The Balaban J connectivity index is 2.99. The van der Waals surface area contributed by atoms with Gasteiger partial charge < -0.3 is 10.6 Å². The van der Waals surface area contributed by atoms with Crippen LogP contribution in [0, 0.1) is 5.41 Å². The first-order valence-corrected chi connectivity index (χ1v) is 6.36. The molecule has 3 nitrogen and oxygen atoms in total. The summed E-state index contributed by atoms with van der Waals surface area (Å²) in [6, 6.07) is 5.56. The normalized spacial score (nSPS) is 10.3. The van der Waals surface area contributed by atoms with Crippen LogP contribution < -0.4 is 10.6 Å². The smallest absolute Gasteiger partial charge is 0.122 e. The molecule has 94 valence electrons. The molecule has 3 N–H and O–H groups in total. The molecule has 0 radical (unpaired) electrons. The van der Waals surface area contributed by atoms with Gasteiger partial charge in [-0.05, 0) is 31.0 Å². The fraction of sp³-hybridized carbons (Fsp3) is 0.462. The second-order valence-corrected chi connectivity index (χ2v) is 4.47. The van der Waals surface area contributed by atoms with Crippen molar-refractivity contribution in [3.8, 4) is 0 Å². The zero-order valence-corrected chi connectivity index (χ0v) is 11.2. The van der Waals surface area contributed by atoms with Crippen LogP contribution in [0.15, 0.2) is 18.2 Å². The SMILES string of the molecule is CCCN(CCC)c1ccc(C(=N)N)cc1Cl. The highest BCUT2D eigenvalue weighted by Gasteiger charge is 2.10. The Kier molecular flexibility index (Phi) is 5.29. The van der Waals surface area contributed by atoms with E-state index in [1.54, 1.807) is 6.07 Å². The summed E-state index contributed by atoms with van der Waals surface area (Å²) in [5.41, 5.74) is 7.14. The number of nitrogens with zero attached hydrogens (tertiary/aromatic N) is 1. The Morgan fingerprint density at radius 2 is 1.88 bits per heavy atom. The molecule has 0 aliphatic carbocycles. The highest BCUT2D eigenvalue weighted by atomic mass is 35.5. The number of nitrogens with one attached hydrogen (secondary N) is 1. The van der Waals surface area contributed by atoms with Crippen molar-refractivity contribution in [2.24, 2.45) is 5.73 Å². The van der Waals surface area contributed by atoms with Crippen LogP contribution in [0.25, 0.3) is 0 Å². The Morgan fingerprint density at radius 1 is 1.29 bits per heavy atom. The third kappa shape index (κ3) is 3.63. The molecule has 1 rings (SSSR count). The van der Waals surface area contributed by atoms with Crippen LogP contribution in [0.4, 0.5) is 5.69 Å². The van der Waals surface area contributed by atoms with Gasteiger partial charge in [-0.2, -0.15) is 0 Å². The minimum absolute atomic E-state index is 0.0518. The van der Waals surface area contributed by atoms with Gasteiger partial charge in [0, 0.05) is 18.7 Å². The number of benzene rings is 1. The number of halogens is 1. The molecule has 4 heteroatoms. The Bertz CT molecular complexity index is 384. The van der Waals surface area contributed by atoms with Crippen molar-refractivity contribution in [3.05, 3.63) is 28.8 Å². The first-order chi connectivity index (χ1) is 8.10. The fourth-order valence-electron chi connectivity index (χ4n) is 1.82. The van der Waals surface area contributed by atoms with Gasteiger partial charge in [-0.1, -0.05) is 25.4 Å². The van der Waals surface area contributed by atoms with Crippen molar-refractivity contribution in [2.45, 2.75) is 26.7 Å². The predicted molar refractivity (Wildman–Crippen MR) is 75.3 cm³/mol. The number of nitrogens with two attached hydrogens (primary N) is 1. The van der Waals surface area contributed by atoms with Gasteiger partial charge in [-0.15, -0.1) is 0 Å². The van der Waals surface area contributed by atoms with E-state index >= 15 is 0 Å². The summed E-state index contributed by atoms with van der Waals surface area (Å²) >= 11 is 6.25. The van der Waals surface area contributed by atoms with E-state index in [2.05, 4.69) is 18.7 Å². The summed E-state index contributed by atoms with van der Waals surface area (Å²) in [6.45, 7) is 6.29. The summed E-state index contributed by atoms with van der Waals surface area (Å²) in [5, 5.41) is 8.04. The van der Waals surface area contributed by atoms with Crippen LogP contribution >= 0.6 is 11.6 Å². The second-order valence-electron chi connectivity index (χ2n) is 4.07. The third-order valence-corrected chi connectivity index (χ3v) is 2.89. The molecule has 0 aliphatic rings. The largest absolute Gasteiger partial charge is 0.384 e.